The number of ether oxygens (including phenoxy) is 1. The van der Waals surface area contributed by atoms with Crippen molar-refractivity contribution in [3.63, 3.8) is 0 Å². The predicted molar refractivity (Wildman–Crippen MR) is 95.0 cm³/mol. The zero-order chi connectivity index (χ0) is 17.1. The minimum absolute atomic E-state index is 0.184. The van der Waals surface area contributed by atoms with Crippen molar-refractivity contribution in [2.24, 2.45) is 0 Å². The molecule has 124 valence electrons. The molecule has 4 aromatic rings. The molecule has 0 bridgehead atoms. The van der Waals surface area contributed by atoms with Crippen LogP contribution < -0.4 is 4.74 Å². The second kappa shape index (κ2) is 6.74. The Morgan fingerprint density at radius 1 is 1.04 bits per heavy atom. The molecule has 0 saturated carbocycles. The Labute approximate surface area is 148 Å². The molecular formula is C18H14N4O2S. The van der Waals surface area contributed by atoms with Gasteiger partial charge in [0.2, 0.25) is 0 Å². The molecule has 7 heteroatoms. The van der Waals surface area contributed by atoms with Gasteiger partial charge < -0.3 is 9.15 Å². The Balaban J connectivity index is 1.68. The lowest BCUT2D eigenvalue weighted by Crippen LogP contribution is -2.01. The van der Waals surface area contributed by atoms with Crippen LogP contribution in [0.25, 0.3) is 16.9 Å². The van der Waals surface area contributed by atoms with Crippen LogP contribution in [0.15, 0.2) is 71.3 Å². The van der Waals surface area contributed by atoms with Gasteiger partial charge in [-0.15, -0.1) is 5.10 Å². The molecule has 0 unspecified atom stereocenters. The smallest absolute Gasteiger partial charge is 0.284 e. The fourth-order valence-corrected chi connectivity index (χ4v) is 2.69. The molecule has 0 saturated heterocycles. The van der Waals surface area contributed by atoms with E-state index in [1.54, 1.807) is 6.20 Å². The van der Waals surface area contributed by atoms with Gasteiger partial charge in [0.05, 0.1) is 17.6 Å². The number of hydrogen-bond acceptors (Lipinski definition) is 5. The van der Waals surface area contributed by atoms with Crippen LogP contribution in [0.5, 0.6) is 5.75 Å². The van der Waals surface area contributed by atoms with Crippen molar-refractivity contribution in [3.05, 3.63) is 77.6 Å². The minimum atomic E-state index is 0.184. The lowest BCUT2D eigenvalue weighted by molar-refractivity contribution is 0.262. The molecule has 0 radical (unpaired) electrons. The topological polar surface area (TPSA) is 68.9 Å². The molecule has 0 aliphatic carbocycles. The first kappa shape index (κ1) is 15.3. The number of aromatic nitrogens is 4. The standard InChI is InChI=1S/C18H14N4O2S/c25-18-21-20-17(24-18)12-23-16-9-5-4-8-14(16)15-10-11-19-22(15)13-6-2-1-3-7-13/h1-11H,12H2,(H,21,25). The fourth-order valence-electron chi connectivity index (χ4n) is 2.55. The highest BCUT2D eigenvalue weighted by Gasteiger charge is 2.13. The van der Waals surface area contributed by atoms with E-state index in [2.05, 4.69) is 15.3 Å². The van der Waals surface area contributed by atoms with Gasteiger partial charge in [-0.05, 0) is 42.5 Å². The first-order chi connectivity index (χ1) is 12.3. The van der Waals surface area contributed by atoms with Crippen molar-refractivity contribution in [2.75, 3.05) is 0 Å². The maximum atomic E-state index is 5.89. The Morgan fingerprint density at radius 3 is 2.64 bits per heavy atom. The summed E-state index contributed by atoms with van der Waals surface area (Å²) >= 11 is 4.87. The predicted octanol–water partition coefficient (Wildman–Crippen LogP) is 4.16. The van der Waals surface area contributed by atoms with E-state index in [-0.39, 0.29) is 11.4 Å². The van der Waals surface area contributed by atoms with E-state index in [0.717, 1.165) is 16.9 Å². The number of rotatable bonds is 5. The van der Waals surface area contributed by atoms with Gasteiger partial charge in [0.15, 0.2) is 6.61 Å². The molecule has 25 heavy (non-hydrogen) atoms. The summed E-state index contributed by atoms with van der Waals surface area (Å²) in [6.45, 7) is 0.184. The van der Waals surface area contributed by atoms with Gasteiger partial charge in [-0.1, -0.05) is 30.3 Å². The molecule has 1 N–H and O–H groups in total. The lowest BCUT2D eigenvalue weighted by Gasteiger charge is -2.12. The van der Waals surface area contributed by atoms with Crippen LogP contribution in [-0.4, -0.2) is 20.0 Å². The maximum absolute atomic E-state index is 5.89. The molecule has 6 nitrogen and oxygen atoms in total. The molecule has 0 amide bonds. The summed E-state index contributed by atoms with van der Waals surface area (Å²) in [7, 11) is 0. The lowest BCUT2D eigenvalue weighted by atomic mass is 10.1. The molecule has 0 fully saturated rings. The van der Waals surface area contributed by atoms with Gasteiger partial charge >= 0.3 is 0 Å². The third kappa shape index (κ3) is 3.22. The van der Waals surface area contributed by atoms with Crippen LogP contribution in [0.1, 0.15) is 5.89 Å². The summed E-state index contributed by atoms with van der Waals surface area (Å²) in [5.41, 5.74) is 2.85. The van der Waals surface area contributed by atoms with E-state index in [1.807, 2.05) is 65.3 Å². The van der Waals surface area contributed by atoms with Crippen molar-refractivity contribution in [2.45, 2.75) is 6.61 Å². The second-order valence-corrected chi connectivity index (χ2v) is 5.63. The Bertz CT molecular complexity index is 1040. The molecular weight excluding hydrogens is 336 g/mol. The van der Waals surface area contributed by atoms with Gasteiger partial charge in [-0.2, -0.15) is 5.10 Å². The summed E-state index contributed by atoms with van der Waals surface area (Å²) < 4.78 is 13.0. The van der Waals surface area contributed by atoms with E-state index >= 15 is 0 Å². The highest BCUT2D eigenvalue weighted by atomic mass is 32.1. The Morgan fingerprint density at radius 2 is 1.84 bits per heavy atom. The van der Waals surface area contributed by atoms with Gasteiger partial charge in [0, 0.05) is 5.56 Å². The number of nitrogens with zero attached hydrogens (tertiary/aromatic N) is 3. The summed E-state index contributed by atoms with van der Waals surface area (Å²) in [5, 5.41) is 11.0. The van der Waals surface area contributed by atoms with Gasteiger partial charge in [-0.25, -0.2) is 9.78 Å². The number of para-hydroxylation sites is 2. The second-order valence-electron chi connectivity index (χ2n) is 5.26. The van der Waals surface area contributed by atoms with Crippen molar-refractivity contribution < 1.29 is 9.15 Å². The van der Waals surface area contributed by atoms with Crippen molar-refractivity contribution in [1.29, 1.82) is 0 Å². The van der Waals surface area contributed by atoms with Gasteiger partial charge in [0.1, 0.15) is 5.75 Å². The van der Waals surface area contributed by atoms with Crippen molar-refractivity contribution in [1.82, 2.24) is 20.0 Å². The number of nitrogens with one attached hydrogen (secondary N) is 1. The minimum Gasteiger partial charge on any atom is -0.483 e. The number of H-pyrrole nitrogens is 1. The quantitative estimate of drug-likeness (QED) is 0.547. The molecule has 0 aliphatic rings. The van der Waals surface area contributed by atoms with E-state index in [9.17, 15) is 0 Å². The average molecular weight is 350 g/mol. The van der Waals surface area contributed by atoms with Crippen LogP contribution in [-0.2, 0) is 6.61 Å². The van der Waals surface area contributed by atoms with E-state index in [0.29, 0.717) is 11.6 Å². The molecule has 2 aromatic carbocycles. The average Bonchev–Trinajstić information content (AvgIpc) is 3.30. The van der Waals surface area contributed by atoms with Crippen molar-refractivity contribution in [3.8, 4) is 22.7 Å². The highest BCUT2D eigenvalue weighted by Crippen LogP contribution is 2.31. The SMILES string of the molecule is S=c1[nH]nc(COc2ccccc2-c2ccnn2-c2ccccc2)o1. The van der Waals surface area contributed by atoms with E-state index in [1.165, 1.54) is 0 Å². The number of benzene rings is 2. The highest BCUT2D eigenvalue weighted by molar-refractivity contribution is 7.71. The van der Waals surface area contributed by atoms with Crippen LogP contribution in [0.2, 0.25) is 0 Å². The van der Waals surface area contributed by atoms with E-state index in [4.69, 9.17) is 21.4 Å². The zero-order valence-corrected chi connectivity index (χ0v) is 13.9. The monoisotopic (exact) mass is 350 g/mol. The summed E-state index contributed by atoms with van der Waals surface area (Å²) in [5.74, 6) is 1.11. The molecule has 0 spiro atoms. The Hall–Kier alpha value is -3.19. The molecule has 0 aliphatic heterocycles. The number of hydrogen-bond donors (Lipinski definition) is 1. The van der Waals surface area contributed by atoms with Crippen LogP contribution in [0, 0.1) is 4.84 Å². The molecule has 0 atom stereocenters. The largest absolute Gasteiger partial charge is 0.483 e. The third-order valence-corrected chi connectivity index (χ3v) is 3.81. The fraction of sp³-hybridized carbons (Fsp3) is 0.0556. The molecule has 4 rings (SSSR count). The first-order valence-corrected chi connectivity index (χ1v) is 8.08. The number of aromatic amines is 1. The van der Waals surface area contributed by atoms with Crippen LogP contribution in [0.3, 0.4) is 0 Å². The summed E-state index contributed by atoms with van der Waals surface area (Å²) in [4.78, 5) is 0.231. The van der Waals surface area contributed by atoms with Crippen LogP contribution >= 0.6 is 12.2 Å². The van der Waals surface area contributed by atoms with Crippen LogP contribution in [0.4, 0.5) is 0 Å². The zero-order valence-electron chi connectivity index (χ0n) is 13.1. The third-order valence-electron chi connectivity index (χ3n) is 3.64. The Kier molecular flexibility index (Phi) is 4.14. The summed E-state index contributed by atoms with van der Waals surface area (Å²) in [6.07, 6.45) is 1.77. The first-order valence-electron chi connectivity index (χ1n) is 7.67. The summed E-state index contributed by atoms with van der Waals surface area (Å²) in [6, 6.07) is 19.7. The normalized spacial score (nSPS) is 10.7. The van der Waals surface area contributed by atoms with Gasteiger partial charge in [-0.3, -0.25) is 0 Å². The van der Waals surface area contributed by atoms with Crippen molar-refractivity contribution >= 4 is 12.2 Å². The molecule has 2 heterocycles. The molecule has 2 aromatic heterocycles. The van der Waals surface area contributed by atoms with E-state index < -0.39 is 0 Å². The maximum Gasteiger partial charge on any atom is 0.284 e. The van der Waals surface area contributed by atoms with Gasteiger partial charge in [0.25, 0.3) is 10.7 Å².